The smallest absolute Gasteiger partial charge is 0.147 e. The van der Waals surface area contributed by atoms with Gasteiger partial charge in [-0.25, -0.2) is 0 Å². The Morgan fingerprint density at radius 1 is 1.25 bits per heavy atom. The van der Waals surface area contributed by atoms with Crippen LogP contribution in [0.1, 0.15) is 6.42 Å². The van der Waals surface area contributed by atoms with Crippen LogP contribution in [0, 0.1) is 0 Å². The standard InChI is InChI=1S/C8H13Si.2ClH.Zr/c1-9(2,3)8-6-4-5-7-8;;;/h6-7H,4H2,1-3H3;2*1H;. The molecule has 4 heteroatoms. The summed E-state index contributed by atoms with van der Waals surface area (Å²) in [7, 11) is -0.967. The molecule has 69 valence electrons. The van der Waals surface area contributed by atoms with Crippen LogP contribution in [0.2, 0.25) is 19.6 Å². The second-order valence-electron chi connectivity index (χ2n) is 3.78. The zero-order chi connectivity index (χ0) is 7.78. The van der Waals surface area contributed by atoms with Crippen molar-refractivity contribution < 1.29 is 24.7 Å². The molecule has 1 aliphatic carbocycles. The molecule has 0 radical (unpaired) electrons. The van der Waals surface area contributed by atoms with Gasteiger partial charge in [-0.2, -0.15) is 0 Å². The van der Waals surface area contributed by atoms with Crippen molar-refractivity contribution in [3.63, 3.8) is 0 Å². The molecular formula is C8H15Cl2SiZr. The van der Waals surface area contributed by atoms with Gasteiger partial charge in [0.2, 0.25) is 0 Å². The molecule has 0 saturated heterocycles. The van der Waals surface area contributed by atoms with Gasteiger partial charge < -0.3 is 0 Å². The molecule has 0 fully saturated rings. The normalized spacial score (nSPS) is 15.5. The first-order valence-corrected chi connectivity index (χ1v) is 8.36. The molecule has 0 bridgehead atoms. The fourth-order valence-electron chi connectivity index (χ4n) is 1.05. The van der Waals surface area contributed by atoms with Crippen LogP contribution in [0.15, 0.2) is 20.6 Å². The zero-order valence-electron chi connectivity index (χ0n) is 7.68. The third kappa shape index (κ3) is 4.41. The third-order valence-corrected chi connectivity index (χ3v) is 4.67. The van der Waals surface area contributed by atoms with Crippen LogP contribution in [0.4, 0.5) is 0 Å². The summed E-state index contributed by atoms with van der Waals surface area (Å²) in [4.78, 5) is 0. The largest absolute Gasteiger partial charge is 0.147 e. The van der Waals surface area contributed by atoms with Crippen molar-refractivity contribution in [3.8, 4) is 0 Å². The first-order chi connectivity index (χ1) is 4.50. The summed E-state index contributed by atoms with van der Waals surface area (Å²) in [5.74, 6) is 0. The van der Waals surface area contributed by atoms with Crippen LogP contribution in [0.5, 0.6) is 0 Å². The molecule has 0 heterocycles. The first kappa shape index (κ1) is 15.6. The van der Waals surface area contributed by atoms with Crippen molar-refractivity contribution in [2.45, 2.75) is 26.1 Å². The van der Waals surface area contributed by atoms with E-state index in [9.17, 15) is 0 Å². The predicted octanol–water partition coefficient (Wildman–Crippen LogP) is 3.47. The van der Waals surface area contributed by atoms with Crippen molar-refractivity contribution in [1.29, 1.82) is 0 Å². The number of rotatable bonds is 1. The Bertz CT molecular complexity index is 204. The monoisotopic (exact) mass is 299 g/mol. The topological polar surface area (TPSA) is 0 Å². The molecule has 0 saturated carbocycles. The minimum absolute atomic E-state index is 0. The Labute approximate surface area is 104 Å². The third-order valence-electron chi connectivity index (χ3n) is 1.74. The van der Waals surface area contributed by atoms with Crippen LogP contribution < -0.4 is 0 Å². The molecule has 1 aliphatic rings. The summed E-state index contributed by atoms with van der Waals surface area (Å²) in [6, 6.07) is 0. The summed E-state index contributed by atoms with van der Waals surface area (Å²) in [6.45, 7) is 7.22. The molecule has 0 N–H and O–H groups in total. The molecule has 0 atom stereocenters. The summed E-state index contributed by atoms with van der Waals surface area (Å²) in [6.07, 6.45) is 6.05. The molecule has 0 aromatic rings. The fourth-order valence-corrected chi connectivity index (χ4v) is 3.36. The van der Waals surface area contributed by atoms with Crippen molar-refractivity contribution >= 4 is 32.9 Å². The van der Waals surface area contributed by atoms with E-state index in [-0.39, 0.29) is 24.8 Å². The first-order valence-electron chi connectivity index (χ1n) is 3.63. The SMILES string of the molecule is C[Si](C)(C)C1=CC[C]([Zr])=C1.Cl.Cl. The molecule has 1 rings (SSSR count). The van der Waals surface area contributed by atoms with E-state index < -0.39 is 8.07 Å². The summed E-state index contributed by atoms with van der Waals surface area (Å²) in [5, 5.41) is 1.65. The molecule has 0 unspecified atom stereocenters. The molecule has 0 amide bonds. The Hall–Kier alpha value is 1.16. The van der Waals surface area contributed by atoms with Crippen LogP contribution in [-0.2, 0) is 24.7 Å². The van der Waals surface area contributed by atoms with Crippen LogP contribution in [-0.4, -0.2) is 8.07 Å². The molecule has 0 nitrogen and oxygen atoms in total. The van der Waals surface area contributed by atoms with E-state index in [0.29, 0.717) is 0 Å². The van der Waals surface area contributed by atoms with Gasteiger partial charge in [-0.15, -0.1) is 24.8 Å². The Morgan fingerprint density at radius 3 is 1.92 bits per heavy atom. The van der Waals surface area contributed by atoms with E-state index in [4.69, 9.17) is 0 Å². The van der Waals surface area contributed by atoms with Gasteiger partial charge in [0.05, 0.1) is 0 Å². The van der Waals surface area contributed by atoms with E-state index in [0.717, 1.165) is 0 Å². The molecule has 0 aromatic carbocycles. The van der Waals surface area contributed by atoms with Gasteiger partial charge in [-0.1, -0.05) is 0 Å². The van der Waals surface area contributed by atoms with Crippen LogP contribution in [0.3, 0.4) is 0 Å². The van der Waals surface area contributed by atoms with Crippen LogP contribution in [0.25, 0.3) is 0 Å². The summed E-state index contributed by atoms with van der Waals surface area (Å²) in [5.41, 5.74) is 0. The van der Waals surface area contributed by atoms with Crippen molar-refractivity contribution in [2.24, 2.45) is 0 Å². The van der Waals surface area contributed by atoms with E-state index in [1.165, 1.54) is 6.42 Å². The van der Waals surface area contributed by atoms with Crippen molar-refractivity contribution in [3.05, 3.63) is 20.6 Å². The maximum absolute atomic E-state index is 2.41. The Kier molecular flexibility index (Phi) is 7.55. The number of hydrogen-bond donors (Lipinski definition) is 0. The van der Waals surface area contributed by atoms with Crippen LogP contribution >= 0.6 is 24.8 Å². The van der Waals surface area contributed by atoms with Crippen molar-refractivity contribution in [2.75, 3.05) is 0 Å². The molecule has 0 aliphatic heterocycles. The quantitative estimate of drug-likeness (QED) is 0.651. The average Bonchev–Trinajstić information content (AvgIpc) is 2.11. The maximum Gasteiger partial charge on any atom is -0.147 e. The van der Waals surface area contributed by atoms with Gasteiger partial charge in [0.1, 0.15) is 0 Å². The van der Waals surface area contributed by atoms with Gasteiger partial charge >= 0.3 is 79.5 Å². The second-order valence-corrected chi connectivity index (χ2v) is 10.4. The van der Waals surface area contributed by atoms with E-state index in [2.05, 4.69) is 31.8 Å². The Morgan fingerprint density at radius 2 is 1.75 bits per heavy atom. The molecular weight excluding hydrogens is 286 g/mol. The van der Waals surface area contributed by atoms with Gasteiger partial charge in [0.25, 0.3) is 0 Å². The fraction of sp³-hybridized carbons (Fsp3) is 0.500. The summed E-state index contributed by atoms with van der Waals surface area (Å²) < 4.78 is 1.62. The van der Waals surface area contributed by atoms with E-state index in [1.54, 1.807) is 33.2 Å². The molecule has 12 heavy (non-hydrogen) atoms. The van der Waals surface area contributed by atoms with Gasteiger partial charge in [0, 0.05) is 0 Å². The Balaban J connectivity index is 0. The van der Waals surface area contributed by atoms with Crippen molar-refractivity contribution in [1.82, 2.24) is 0 Å². The number of halogens is 2. The predicted molar refractivity (Wildman–Crippen MR) is 58.6 cm³/mol. The molecule has 0 aromatic heterocycles. The van der Waals surface area contributed by atoms with Gasteiger partial charge in [-0.3, -0.25) is 0 Å². The molecule has 0 spiro atoms. The zero-order valence-corrected chi connectivity index (χ0v) is 12.8. The second kappa shape index (κ2) is 5.80. The minimum Gasteiger partial charge on any atom is -0.147 e. The minimum atomic E-state index is -0.967. The number of hydrogen-bond acceptors (Lipinski definition) is 0. The van der Waals surface area contributed by atoms with E-state index >= 15 is 0 Å². The summed E-state index contributed by atoms with van der Waals surface area (Å²) >= 11 is 1.59. The van der Waals surface area contributed by atoms with Gasteiger partial charge in [-0.05, 0) is 0 Å². The van der Waals surface area contributed by atoms with Gasteiger partial charge in [0.15, 0.2) is 0 Å². The average molecular weight is 301 g/mol. The maximum atomic E-state index is 2.41. The number of allylic oxidation sites excluding steroid dienone is 4. The van der Waals surface area contributed by atoms with E-state index in [1.807, 2.05) is 0 Å².